The largest absolute Gasteiger partial charge is 0.367 e. The van der Waals surface area contributed by atoms with Crippen LogP contribution in [0.4, 0.5) is 5.82 Å². The van der Waals surface area contributed by atoms with Gasteiger partial charge in [-0.3, -0.25) is 4.98 Å². The smallest absolute Gasteiger partial charge is 0.147 e. The van der Waals surface area contributed by atoms with Crippen molar-refractivity contribution in [2.75, 3.05) is 26.0 Å². The molecule has 0 radical (unpaired) electrons. The number of rotatable bonds is 4. The maximum absolute atomic E-state index is 4.38. The molecule has 0 aliphatic heterocycles. The van der Waals surface area contributed by atoms with Crippen molar-refractivity contribution in [1.29, 1.82) is 0 Å². The Kier molecular flexibility index (Phi) is 4.40. The molecule has 0 aromatic carbocycles. The lowest BCUT2D eigenvalue weighted by Gasteiger charge is -2.45. The van der Waals surface area contributed by atoms with Crippen molar-refractivity contribution in [3.63, 3.8) is 0 Å². The summed E-state index contributed by atoms with van der Waals surface area (Å²) in [5, 5.41) is 3.51. The van der Waals surface area contributed by atoms with E-state index in [0.717, 1.165) is 24.0 Å². The molecular weight excluding hydrogens is 236 g/mol. The Morgan fingerprint density at radius 3 is 2.74 bits per heavy atom. The molecule has 2 unspecified atom stereocenters. The molecule has 1 aromatic heterocycles. The zero-order valence-electron chi connectivity index (χ0n) is 12.6. The SMILES string of the molecule is Cc1nccnc1NCC1(N(C)C)CCCC(C)C1. The lowest BCUT2D eigenvalue weighted by atomic mass is 9.75. The second-order valence-corrected chi connectivity index (χ2v) is 6.16. The summed E-state index contributed by atoms with van der Waals surface area (Å²) in [6, 6.07) is 0. The standard InChI is InChI=1S/C15H26N4/c1-12-6-5-7-15(10-12,19(3)4)11-18-14-13(2)16-8-9-17-14/h8-9,12H,5-7,10-11H2,1-4H3,(H,17,18). The van der Waals surface area contributed by atoms with Crippen LogP contribution in [0.25, 0.3) is 0 Å². The molecular formula is C15H26N4. The summed E-state index contributed by atoms with van der Waals surface area (Å²) in [5.41, 5.74) is 1.22. The molecule has 1 aliphatic carbocycles. The van der Waals surface area contributed by atoms with Crippen molar-refractivity contribution in [3.8, 4) is 0 Å². The quantitative estimate of drug-likeness (QED) is 0.906. The van der Waals surface area contributed by atoms with Crippen LogP contribution in [0.5, 0.6) is 0 Å². The minimum absolute atomic E-state index is 0.252. The number of hydrogen-bond acceptors (Lipinski definition) is 4. The Morgan fingerprint density at radius 1 is 1.37 bits per heavy atom. The monoisotopic (exact) mass is 262 g/mol. The fourth-order valence-corrected chi connectivity index (χ4v) is 3.19. The number of aryl methyl sites for hydroxylation is 1. The van der Waals surface area contributed by atoms with Gasteiger partial charge in [-0.2, -0.15) is 0 Å². The highest BCUT2D eigenvalue weighted by molar-refractivity contribution is 5.38. The molecule has 19 heavy (non-hydrogen) atoms. The summed E-state index contributed by atoms with van der Waals surface area (Å²) in [7, 11) is 4.40. The van der Waals surface area contributed by atoms with Gasteiger partial charge in [-0.1, -0.05) is 19.8 Å². The number of likely N-dealkylation sites (N-methyl/N-ethyl adjacent to an activating group) is 1. The van der Waals surface area contributed by atoms with Crippen LogP contribution in [-0.2, 0) is 0 Å². The van der Waals surface area contributed by atoms with Crippen molar-refractivity contribution < 1.29 is 0 Å². The number of anilines is 1. The van der Waals surface area contributed by atoms with Crippen LogP contribution in [0, 0.1) is 12.8 Å². The van der Waals surface area contributed by atoms with Crippen LogP contribution < -0.4 is 5.32 Å². The first kappa shape index (κ1) is 14.3. The lowest BCUT2D eigenvalue weighted by Crippen LogP contribution is -2.52. The molecule has 4 heteroatoms. The summed E-state index contributed by atoms with van der Waals surface area (Å²) in [4.78, 5) is 11.1. The highest BCUT2D eigenvalue weighted by Crippen LogP contribution is 2.35. The van der Waals surface area contributed by atoms with E-state index in [0.29, 0.717) is 0 Å². The molecule has 1 aliphatic rings. The van der Waals surface area contributed by atoms with Crippen molar-refractivity contribution in [3.05, 3.63) is 18.1 Å². The zero-order chi connectivity index (χ0) is 13.9. The van der Waals surface area contributed by atoms with Gasteiger partial charge in [0.1, 0.15) is 5.82 Å². The fraction of sp³-hybridized carbons (Fsp3) is 0.733. The molecule has 1 heterocycles. The van der Waals surface area contributed by atoms with E-state index in [1.54, 1.807) is 12.4 Å². The minimum atomic E-state index is 0.252. The average molecular weight is 262 g/mol. The van der Waals surface area contributed by atoms with Gasteiger partial charge in [0.05, 0.1) is 5.69 Å². The van der Waals surface area contributed by atoms with Gasteiger partial charge in [0.15, 0.2) is 0 Å². The highest BCUT2D eigenvalue weighted by atomic mass is 15.2. The molecule has 1 fully saturated rings. The molecule has 1 N–H and O–H groups in total. The fourth-order valence-electron chi connectivity index (χ4n) is 3.19. The molecule has 2 atom stereocenters. The summed E-state index contributed by atoms with van der Waals surface area (Å²) in [6.45, 7) is 5.32. The van der Waals surface area contributed by atoms with Gasteiger partial charge < -0.3 is 10.2 Å². The maximum Gasteiger partial charge on any atom is 0.147 e. The van der Waals surface area contributed by atoms with Crippen molar-refractivity contribution >= 4 is 5.82 Å². The summed E-state index contributed by atoms with van der Waals surface area (Å²) >= 11 is 0. The van der Waals surface area contributed by atoms with Crippen LogP contribution in [0.2, 0.25) is 0 Å². The van der Waals surface area contributed by atoms with E-state index in [9.17, 15) is 0 Å². The van der Waals surface area contributed by atoms with Crippen molar-refractivity contribution in [2.24, 2.45) is 5.92 Å². The topological polar surface area (TPSA) is 41.1 Å². The summed E-state index contributed by atoms with van der Waals surface area (Å²) < 4.78 is 0. The lowest BCUT2D eigenvalue weighted by molar-refractivity contribution is 0.0881. The highest BCUT2D eigenvalue weighted by Gasteiger charge is 2.36. The molecule has 106 valence electrons. The second kappa shape index (κ2) is 5.87. The molecule has 0 amide bonds. The van der Waals surface area contributed by atoms with Crippen LogP contribution in [0.15, 0.2) is 12.4 Å². The van der Waals surface area contributed by atoms with Crippen LogP contribution in [0.3, 0.4) is 0 Å². The number of nitrogens with zero attached hydrogens (tertiary/aromatic N) is 3. The van der Waals surface area contributed by atoms with Gasteiger partial charge in [0.2, 0.25) is 0 Å². The zero-order valence-corrected chi connectivity index (χ0v) is 12.6. The Hall–Kier alpha value is -1.16. The molecule has 1 saturated carbocycles. The third-order valence-corrected chi connectivity index (χ3v) is 4.48. The third kappa shape index (κ3) is 3.24. The first-order valence-electron chi connectivity index (χ1n) is 7.22. The first-order valence-corrected chi connectivity index (χ1v) is 7.22. The minimum Gasteiger partial charge on any atom is -0.367 e. The van der Waals surface area contributed by atoms with E-state index in [4.69, 9.17) is 0 Å². The molecule has 0 spiro atoms. The molecule has 2 rings (SSSR count). The molecule has 4 nitrogen and oxygen atoms in total. The van der Waals surface area contributed by atoms with E-state index in [2.05, 4.69) is 41.2 Å². The van der Waals surface area contributed by atoms with Gasteiger partial charge in [0.25, 0.3) is 0 Å². The maximum atomic E-state index is 4.38. The Bertz CT molecular complexity index is 418. The van der Waals surface area contributed by atoms with E-state index >= 15 is 0 Å². The Balaban J connectivity index is 2.07. The molecule has 1 aromatic rings. The normalized spacial score (nSPS) is 27.5. The first-order chi connectivity index (χ1) is 9.03. The van der Waals surface area contributed by atoms with Crippen LogP contribution >= 0.6 is 0 Å². The molecule has 0 bridgehead atoms. The predicted octanol–water partition coefficient (Wildman–Crippen LogP) is 2.71. The van der Waals surface area contributed by atoms with E-state index < -0.39 is 0 Å². The Labute approximate surface area is 116 Å². The number of hydrogen-bond donors (Lipinski definition) is 1. The predicted molar refractivity (Wildman–Crippen MR) is 79.3 cm³/mol. The van der Waals surface area contributed by atoms with Gasteiger partial charge in [0, 0.05) is 24.5 Å². The summed E-state index contributed by atoms with van der Waals surface area (Å²) in [5.74, 6) is 1.72. The second-order valence-electron chi connectivity index (χ2n) is 6.16. The Morgan fingerprint density at radius 2 is 2.11 bits per heavy atom. The van der Waals surface area contributed by atoms with Gasteiger partial charge in [-0.15, -0.1) is 0 Å². The van der Waals surface area contributed by atoms with Gasteiger partial charge in [-0.25, -0.2) is 4.98 Å². The number of nitrogens with one attached hydrogen (secondary N) is 1. The third-order valence-electron chi connectivity index (χ3n) is 4.48. The van der Waals surface area contributed by atoms with Gasteiger partial charge >= 0.3 is 0 Å². The summed E-state index contributed by atoms with van der Waals surface area (Å²) in [6.07, 6.45) is 8.69. The van der Waals surface area contributed by atoms with Gasteiger partial charge in [-0.05, 0) is 39.8 Å². The van der Waals surface area contributed by atoms with Crippen molar-refractivity contribution in [1.82, 2.24) is 14.9 Å². The molecule has 0 saturated heterocycles. The van der Waals surface area contributed by atoms with Crippen LogP contribution in [0.1, 0.15) is 38.3 Å². The number of aromatic nitrogens is 2. The van der Waals surface area contributed by atoms with Crippen LogP contribution in [-0.4, -0.2) is 41.0 Å². The van der Waals surface area contributed by atoms with Crippen molar-refractivity contribution in [2.45, 2.75) is 45.1 Å². The van der Waals surface area contributed by atoms with E-state index in [1.807, 2.05) is 6.92 Å². The van der Waals surface area contributed by atoms with E-state index in [-0.39, 0.29) is 5.54 Å². The average Bonchev–Trinajstić information content (AvgIpc) is 2.38. The van der Waals surface area contributed by atoms with E-state index in [1.165, 1.54) is 25.7 Å².